The maximum absolute atomic E-state index is 13.4. The van der Waals surface area contributed by atoms with E-state index < -0.39 is 53.3 Å². The van der Waals surface area contributed by atoms with Crippen molar-refractivity contribution in [3.63, 3.8) is 0 Å². The number of nitrogens with one attached hydrogen (secondary N) is 1. The van der Waals surface area contributed by atoms with E-state index in [-0.39, 0.29) is 54.0 Å². The number of nitrogens with zero attached hydrogens (tertiary/aromatic N) is 6. The van der Waals surface area contributed by atoms with Gasteiger partial charge in [-0.25, -0.2) is 8.78 Å². The summed E-state index contributed by atoms with van der Waals surface area (Å²) in [4.78, 5) is 47.3. The van der Waals surface area contributed by atoms with Gasteiger partial charge in [0.15, 0.2) is 11.7 Å². The van der Waals surface area contributed by atoms with Crippen LogP contribution in [0, 0.1) is 0 Å². The fourth-order valence-electron chi connectivity index (χ4n) is 4.51. The molecule has 10 nitrogen and oxygen atoms in total. The van der Waals surface area contributed by atoms with Crippen molar-refractivity contribution in [1.82, 2.24) is 34.9 Å². The van der Waals surface area contributed by atoms with Crippen LogP contribution in [0.1, 0.15) is 22.1 Å². The lowest BCUT2D eigenvalue weighted by atomic mass is 10.0. The first-order valence-corrected chi connectivity index (χ1v) is 11.8. The Bertz CT molecular complexity index is 1560. The number of hydrogen-bond acceptors (Lipinski definition) is 6. The summed E-state index contributed by atoms with van der Waals surface area (Å²) >= 11 is 0. The number of fused-ring (bicyclic) bond motifs is 1. The van der Waals surface area contributed by atoms with E-state index in [1.165, 1.54) is 32.8 Å². The highest BCUT2D eigenvalue weighted by molar-refractivity contribution is 6.08. The molecule has 2 aliphatic heterocycles. The third-order valence-corrected chi connectivity index (χ3v) is 6.62. The largest absolute Gasteiger partial charge is 0.433 e. The van der Waals surface area contributed by atoms with Crippen molar-refractivity contribution < 1.29 is 36.3 Å². The van der Waals surface area contributed by atoms with E-state index >= 15 is 0 Å². The molecule has 0 saturated carbocycles. The molecule has 2 aliphatic rings. The summed E-state index contributed by atoms with van der Waals surface area (Å²) < 4.78 is 66.9. The van der Waals surface area contributed by atoms with Crippen LogP contribution in [0.3, 0.4) is 0 Å². The molecule has 15 heteroatoms. The molecule has 208 valence electrons. The minimum Gasteiger partial charge on any atom is -0.344 e. The Labute approximate surface area is 222 Å². The average Bonchev–Trinajstić information content (AvgIpc) is 3.23. The van der Waals surface area contributed by atoms with Gasteiger partial charge in [-0.15, -0.1) is 0 Å². The van der Waals surface area contributed by atoms with Gasteiger partial charge in [-0.1, -0.05) is 13.2 Å². The van der Waals surface area contributed by atoms with Gasteiger partial charge in [0, 0.05) is 44.1 Å². The molecule has 1 N–H and O–H groups in total. The average molecular weight is 561 g/mol. The van der Waals surface area contributed by atoms with Crippen LogP contribution in [0.5, 0.6) is 0 Å². The van der Waals surface area contributed by atoms with Crippen molar-refractivity contribution in [2.24, 2.45) is 0 Å². The standard InChI is InChI=1S/C25H20F5N7O3/c1-12(26)22(38)33-15-8-35(9-15)24(40)17-5-6-31-20-19(14-3-4-18(32-7-14)25(28,29)30)34-37(21(17)20)16-10-36(11-16)23(39)13(2)27/h3-7,15-16H,1-2,8-11H2,(H,33,38). The van der Waals surface area contributed by atoms with E-state index in [9.17, 15) is 36.3 Å². The smallest absolute Gasteiger partial charge is 0.344 e. The Morgan fingerprint density at radius 2 is 1.65 bits per heavy atom. The van der Waals surface area contributed by atoms with Gasteiger partial charge in [0.05, 0.1) is 17.6 Å². The lowest BCUT2D eigenvalue weighted by Crippen LogP contribution is -2.61. The molecule has 3 aromatic heterocycles. The number of rotatable bonds is 6. The fourth-order valence-corrected chi connectivity index (χ4v) is 4.51. The number of halogens is 5. The van der Waals surface area contributed by atoms with Crippen molar-refractivity contribution in [1.29, 1.82) is 0 Å². The van der Waals surface area contributed by atoms with Crippen molar-refractivity contribution in [2.45, 2.75) is 18.3 Å². The highest BCUT2D eigenvalue weighted by Gasteiger charge is 2.38. The summed E-state index contributed by atoms with van der Waals surface area (Å²) in [6.45, 7) is 6.19. The maximum Gasteiger partial charge on any atom is 0.433 e. The van der Waals surface area contributed by atoms with Crippen LogP contribution in [-0.2, 0) is 15.8 Å². The van der Waals surface area contributed by atoms with Crippen molar-refractivity contribution in [3.8, 4) is 11.3 Å². The number of pyridine rings is 2. The van der Waals surface area contributed by atoms with Gasteiger partial charge in [0.1, 0.15) is 22.4 Å². The Morgan fingerprint density at radius 3 is 2.23 bits per heavy atom. The fraction of sp³-hybridized carbons (Fsp3) is 0.280. The molecule has 0 radical (unpaired) electrons. The van der Waals surface area contributed by atoms with E-state index in [1.54, 1.807) is 0 Å². The Balaban J connectivity index is 1.50. The summed E-state index contributed by atoms with van der Waals surface area (Å²) in [5.74, 6) is -4.61. The molecule has 0 spiro atoms. The zero-order valence-corrected chi connectivity index (χ0v) is 20.6. The minimum atomic E-state index is -4.65. The number of likely N-dealkylation sites (tertiary alicyclic amines) is 2. The molecule has 0 bridgehead atoms. The van der Waals surface area contributed by atoms with Crippen molar-refractivity contribution in [2.75, 3.05) is 26.2 Å². The van der Waals surface area contributed by atoms with E-state index in [1.807, 2.05) is 0 Å². The number of carbonyl (C=O) groups is 3. The molecule has 2 saturated heterocycles. The van der Waals surface area contributed by atoms with Crippen LogP contribution in [0.15, 0.2) is 55.4 Å². The van der Waals surface area contributed by atoms with Gasteiger partial charge >= 0.3 is 6.18 Å². The predicted octanol–water partition coefficient (Wildman–Crippen LogP) is 2.80. The van der Waals surface area contributed by atoms with Gasteiger partial charge in [-0.2, -0.15) is 18.3 Å². The summed E-state index contributed by atoms with van der Waals surface area (Å²) in [5.41, 5.74) is -0.131. The monoisotopic (exact) mass is 561 g/mol. The first-order chi connectivity index (χ1) is 18.8. The van der Waals surface area contributed by atoms with E-state index in [0.29, 0.717) is 0 Å². The first-order valence-electron chi connectivity index (χ1n) is 11.8. The quantitative estimate of drug-likeness (QED) is 0.366. The first kappa shape index (κ1) is 26.9. The predicted molar refractivity (Wildman–Crippen MR) is 130 cm³/mol. The van der Waals surface area contributed by atoms with Crippen LogP contribution in [-0.4, -0.2) is 79.5 Å². The summed E-state index contributed by atoms with van der Waals surface area (Å²) in [6, 6.07) is 2.43. The van der Waals surface area contributed by atoms with E-state index in [0.717, 1.165) is 12.3 Å². The number of amides is 3. The minimum absolute atomic E-state index is 0.0384. The molecule has 40 heavy (non-hydrogen) atoms. The molecule has 2 fully saturated rings. The van der Waals surface area contributed by atoms with E-state index in [2.05, 4.69) is 33.5 Å². The Morgan fingerprint density at radius 1 is 0.950 bits per heavy atom. The third-order valence-electron chi connectivity index (χ3n) is 6.62. The lowest BCUT2D eigenvalue weighted by Gasteiger charge is -2.40. The highest BCUT2D eigenvalue weighted by Crippen LogP contribution is 2.35. The molecule has 0 atom stereocenters. The van der Waals surface area contributed by atoms with E-state index in [4.69, 9.17) is 0 Å². The SMILES string of the molecule is C=C(F)C(=O)NC1CN(C(=O)c2ccnc3c(-c4ccc(C(F)(F)F)nc4)nn(C4CN(C(=O)C(=C)F)C4)c23)C1. The van der Waals surface area contributed by atoms with Gasteiger partial charge in [0.2, 0.25) is 0 Å². The summed E-state index contributed by atoms with van der Waals surface area (Å²) in [5, 5.41) is 6.93. The molecular formula is C25H20F5N7O3. The third kappa shape index (κ3) is 4.78. The molecule has 5 heterocycles. The summed E-state index contributed by atoms with van der Waals surface area (Å²) in [7, 11) is 0. The van der Waals surface area contributed by atoms with Gasteiger partial charge in [0.25, 0.3) is 17.7 Å². The van der Waals surface area contributed by atoms with Crippen molar-refractivity contribution in [3.05, 3.63) is 66.7 Å². The summed E-state index contributed by atoms with van der Waals surface area (Å²) in [6.07, 6.45) is -2.30. The molecule has 3 aromatic rings. The van der Waals surface area contributed by atoms with Crippen LogP contribution in [0.4, 0.5) is 22.0 Å². The number of carbonyl (C=O) groups excluding carboxylic acids is 3. The molecule has 3 amide bonds. The molecular weight excluding hydrogens is 541 g/mol. The lowest BCUT2D eigenvalue weighted by molar-refractivity contribution is -0.141. The van der Waals surface area contributed by atoms with Crippen LogP contribution in [0.2, 0.25) is 0 Å². The van der Waals surface area contributed by atoms with Crippen molar-refractivity contribution >= 4 is 28.8 Å². The number of aromatic nitrogens is 4. The zero-order chi connectivity index (χ0) is 28.9. The Hall–Kier alpha value is -4.69. The number of alkyl halides is 3. The van der Waals surface area contributed by atoms with Crippen LogP contribution >= 0.6 is 0 Å². The maximum atomic E-state index is 13.4. The van der Waals surface area contributed by atoms with Crippen LogP contribution in [0.25, 0.3) is 22.3 Å². The zero-order valence-electron chi connectivity index (χ0n) is 20.6. The van der Waals surface area contributed by atoms with Gasteiger partial charge in [-0.3, -0.25) is 29.0 Å². The second-order valence-electron chi connectivity index (χ2n) is 9.33. The van der Waals surface area contributed by atoms with Gasteiger partial charge in [-0.05, 0) is 18.2 Å². The molecule has 5 rings (SSSR count). The molecule has 0 aliphatic carbocycles. The Kier molecular flexibility index (Phi) is 6.59. The molecule has 0 aromatic carbocycles. The molecule has 0 unspecified atom stereocenters. The van der Waals surface area contributed by atoms with Crippen LogP contribution < -0.4 is 5.32 Å². The highest BCUT2D eigenvalue weighted by atomic mass is 19.4. The normalized spacial score (nSPS) is 15.9. The second kappa shape index (κ2) is 9.81. The number of hydrogen-bond donors (Lipinski definition) is 1. The second-order valence-corrected chi connectivity index (χ2v) is 9.33. The topological polar surface area (TPSA) is 113 Å². The van der Waals surface area contributed by atoms with Gasteiger partial charge < -0.3 is 15.1 Å².